The fraction of sp³-hybridized carbons (Fsp3) is 0.133. The monoisotopic (exact) mass is 308 g/mol. The third-order valence-corrected chi connectivity index (χ3v) is 3.05. The second kappa shape index (κ2) is 6.45. The normalized spacial score (nSPS) is 10.2. The van der Waals surface area contributed by atoms with Crippen molar-refractivity contribution in [2.75, 3.05) is 17.7 Å². The van der Waals surface area contributed by atoms with Crippen LogP contribution in [0, 0.1) is 5.82 Å². The van der Waals surface area contributed by atoms with E-state index in [1.165, 1.54) is 18.2 Å². The van der Waals surface area contributed by atoms with Gasteiger partial charge in [-0.1, -0.05) is 17.7 Å². The SMILES string of the molecule is CCOc1cccc(N)c1C(=O)Nc1ccc(F)c(Cl)c1. The van der Waals surface area contributed by atoms with Gasteiger partial charge >= 0.3 is 0 Å². The maximum atomic E-state index is 13.1. The molecule has 0 fully saturated rings. The van der Waals surface area contributed by atoms with Gasteiger partial charge < -0.3 is 15.8 Å². The smallest absolute Gasteiger partial charge is 0.261 e. The molecule has 110 valence electrons. The van der Waals surface area contributed by atoms with Crippen LogP contribution in [0.2, 0.25) is 5.02 Å². The largest absolute Gasteiger partial charge is 0.493 e. The Balaban J connectivity index is 2.29. The molecular weight excluding hydrogens is 295 g/mol. The van der Waals surface area contributed by atoms with E-state index in [0.29, 0.717) is 23.7 Å². The minimum Gasteiger partial charge on any atom is -0.493 e. The predicted octanol–water partition coefficient (Wildman–Crippen LogP) is 3.71. The second-order valence-corrected chi connectivity index (χ2v) is 4.64. The summed E-state index contributed by atoms with van der Waals surface area (Å²) in [6, 6.07) is 8.88. The third kappa shape index (κ3) is 3.44. The van der Waals surface area contributed by atoms with Gasteiger partial charge in [-0.15, -0.1) is 0 Å². The lowest BCUT2D eigenvalue weighted by molar-refractivity contribution is 0.102. The number of hydrogen-bond donors (Lipinski definition) is 2. The molecule has 4 nitrogen and oxygen atoms in total. The van der Waals surface area contributed by atoms with Crippen LogP contribution < -0.4 is 15.8 Å². The summed E-state index contributed by atoms with van der Waals surface area (Å²) < 4.78 is 18.5. The van der Waals surface area contributed by atoms with Gasteiger partial charge in [0.15, 0.2) is 0 Å². The summed E-state index contributed by atoms with van der Waals surface area (Å²) in [5.41, 5.74) is 6.74. The maximum absolute atomic E-state index is 13.1. The number of hydrogen-bond acceptors (Lipinski definition) is 3. The standard InChI is InChI=1S/C15H14ClFN2O2/c1-2-21-13-5-3-4-12(18)14(13)15(20)19-9-6-7-11(17)10(16)8-9/h3-8H,2,18H2,1H3,(H,19,20). The number of amides is 1. The molecule has 0 saturated heterocycles. The van der Waals surface area contributed by atoms with E-state index in [-0.39, 0.29) is 10.6 Å². The molecule has 0 spiro atoms. The Bertz CT molecular complexity index is 677. The Morgan fingerprint density at radius 1 is 1.38 bits per heavy atom. The summed E-state index contributed by atoms with van der Waals surface area (Å²) in [6.45, 7) is 2.22. The molecule has 3 N–H and O–H groups in total. The summed E-state index contributed by atoms with van der Waals surface area (Å²) >= 11 is 5.68. The van der Waals surface area contributed by atoms with E-state index in [9.17, 15) is 9.18 Å². The topological polar surface area (TPSA) is 64.3 Å². The Morgan fingerprint density at radius 2 is 2.14 bits per heavy atom. The van der Waals surface area contributed by atoms with Crippen molar-refractivity contribution in [3.8, 4) is 5.75 Å². The average Bonchev–Trinajstić information content (AvgIpc) is 2.43. The van der Waals surface area contributed by atoms with Gasteiger partial charge in [0.2, 0.25) is 0 Å². The number of carbonyl (C=O) groups excluding carboxylic acids is 1. The zero-order chi connectivity index (χ0) is 15.4. The number of anilines is 2. The average molecular weight is 309 g/mol. The number of nitrogens with two attached hydrogens (primary N) is 1. The number of nitrogen functional groups attached to an aromatic ring is 1. The molecule has 0 bridgehead atoms. The zero-order valence-corrected chi connectivity index (χ0v) is 12.1. The van der Waals surface area contributed by atoms with Crippen molar-refractivity contribution >= 4 is 28.9 Å². The van der Waals surface area contributed by atoms with Gasteiger partial charge in [-0.3, -0.25) is 4.79 Å². The van der Waals surface area contributed by atoms with Crippen molar-refractivity contribution in [3.05, 3.63) is 52.8 Å². The van der Waals surface area contributed by atoms with Gasteiger partial charge in [0, 0.05) is 11.4 Å². The van der Waals surface area contributed by atoms with E-state index in [4.69, 9.17) is 22.1 Å². The van der Waals surface area contributed by atoms with Crippen LogP contribution in [0.3, 0.4) is 0 Å². The molecule has 0 unspecified atom stereocenters. The molecular formula is C15H14ClFN2O2. The molecule has 0 heterocycles. The lowest BCUT2D eigenvalue weighted by atomic mass is 10.1. The Hall–Kier alpha value is -2.27. The van der Waals surface area contributed by atoms with Crippen LogP contribution in [0.1, 0.15) is 17.3 Å². The minimum atomic E-state index is -0.552. The van der Waals surface area contributed by atoms with Crippen LogP contribution in [0.25, 0.3) is 0 Å². The van der Waals surface area contributed by atoms with Crippen molar-refractivity contribution in [1.29, 1.82) is 0 Å². The summed E-state index contributed by atoms with van der Waals surface area (Å²) in [5, 5.41) is 2.55. The third-order valence-electron chi connectivity index (χ3n) is 2.76. The molecule has 2 aromatic rings. The molecule has 2 aromatic carbocycles. The van der Waals surface area contributed by atoms with Gasteiger partial charge in [-0.05, 0) is 37.3 Å². The number of halogens is 2. The van der Waals surface area contributed by atoms with E-state index in [0.717, 1.165) is 0 Å². The van der Waals surface area contributed by atoms with Crippen molar-refractivity contribution in [2.24, 2.45) is 0 Å². The van der Waals surface area contributed by atoms with Gasteiger partial charge in [-0.25, -0.2) is 4.39 Å². The summed E-state index contributed by atoms with van der Waals surface area (Å²) in [5.74, 6) is -0.605. The number of carbonyl (C=O) groups is 1. The highest BCUT2D eigenvalue weighted by Gasteiger charge is 2.16. The minimum absolute atomic E-state index is 0.0705. The summed E-state index contributed by atoms with van der Waals surface area (Å²) in [7, 11) is 0. The molecule has 1 amide bonds. The number of rotatable bonds is 4. The van der Waals surface area contributed by atoms with Gasteiger partial charge in [0.25, 0.3) is 5.91 Å². The lowest BCUT2D eigenvalue weighted by Crippen LogP contribution is -2.16. The van der Waals surface area contributed by atoms with Gasteiger partial charge in [0.1, 0.15) is 17.1 Å². The molecule has 2 rings (SSSR count). The molecule has 0 aromatic heterocycles. The first-order valence-electron chi connectivity index (χ1n) is 6.30. The van der Waals surface area contributed by atoms with Crippen molar-refractivity contribution < 1.29 is 13.9 Å². The van der Waals surface area contributed by atoms with E-state index in [1.807, 2.05) is 6.92 Å². The summed E-state index contributed by atoms with van der Waals surface area (Å²) in [4.78, 5) is 12.3. The quantitative estimate of drug-likeness (QED) is 0.846. The number of benzene rings is 2. The molecule has 0 radical (unpaired) electrons. The molecule has 21 heavy (non-hydrogen) atoms. The number of ether oxygens (including phenoxy) is 1. The Kier molecular flexibility index (Phi) is 4.65. The van der Waals surface area contributed by atoms with Crippen LogP contribution in [0.4, 0.5) is 15.8 Å². The van der Waals surface area contributed by atoms with E-state index >= 15 is 0 Å². The first kappa shape index (κ1) is 15.1. The molecule has 6 heteroatoms. The first-order chi connectivity index (χ1) is 10.0. The highest BCUT2D eigenvalue weighted by atomic mass is 35.5. The van der Waals surface area contributed by atoms with Crippen LogP contribution in [0.15, 0.2) is 36.4 Å². The van der Waals surface area contributed by atoms with Crippen molar-refractivity contribution in [2.45, 2.75) is 6.92 Å². The Morgan fingerprint density at radius 3 is 2.81 bits per heavy atom. The van der Waals surface area contributed by atoms with Crippen LogP contribution >= 0.6 is 11.6 Å². The van der Waals surface area contributed by atoms with E-state index in [1.54, 1.807) is 18.2 Å². The van der Waals surface area contributed by atoms with E-state index < -0.39 is 11.7 Å². The predicted molar refractivity (Wildman–Crippen MR) is 81.4 cm³/mol. The molecule has 0 saturated carbocycles. The highest BCUT2D eigenvalue weighted by molar-refractivity contribution is 6.31. The van der Waals surface area contributed by atoms with E-state index in [2.05, 4.69) is 5.32 Å². The Labute approximate surface area is 126 Å². The van der Waals surface area contributed by atoms with Crippen LogP contribution in [0.5, 0.6) is 5.75 Å². The maximum Gasteiger partial charge on any atom is 0.261 e. The molecule has 0 aliphatic heterocycles. The fourth-order valence-corrected chi connectivity index (χ4v) is 2.01. The summed E-state index contributed by atoms with van der Waals surface area (Å²) in [6.07, 6.45) is 0. The van der Waals surface area contributed by atoms with Gasteiger partial charge in [-0.2, -0.15) is 0 Å². The van der Waals surface area contributed by atoms with Crippen LogP contribution in [-0.4, -0.2) is 12.5 Å². The number of nitrogens with one attached hydrogen (secondary N) is 1. The zero-order valence-electron chi connectivity index (χ0n) is 11.3. The van der Waals surface area contributed by atoms with Gasteiger partial charge in [0.05, 0.1) is 11.6 Å². The molecule has 0 atom stereocenters. The van der Waals surface area contributed by atoms with Crippen LogP contribution in [-0.2, 0) is 0 Å². The highest BCUT2D eigenvalue weighted by Crippen LogP contribution is 2.26. The van der Waals surface area contributed by atoms with Crippen molar-refractivity contribution in [3.63, 3.8) is 0 Å². The molecule has 0 aliphatic carbocycles. The first-order valence-corrected chi connectivity index (χ1v) is 6.68. The van der Waals surface area contributed by atoms with Crippen molar-refractivity contribution in [1.82, 2.24) is 0 Å². The molecule has 0 aliphatic rings. The lowest BCUT2D eigenvalue weighted by Gasteiger charge is -2.13. The second-order valence-electron chi connectivity index (χ2n) is 4.24. The fourth-order valence-electron chi connectivity index (χ4n) is 1.83.